The highest BCUT2D eigenvalue weighted by molar-refractivity contribution is 8.26. The lowest BCUT2D eigenvalue weighted by atomic mass is 10.1. The number of pyridine rings is 1. The summed E-state index contributed by atoms with van der Waals surface area (Å²) in [5.74, 6) is 0.471. The Morgan fingerprint density at radius 2 is 1.91 bits per heavy atom. The molecule has 0 N–H and O–H groups in total. The van der Waals surface area contributed by atoms with Crippen molar-refractivity contribution in [3.05, 3.63) is 69.2 Å². The number of thioether (sulfide) groups is 1. The molecule has 1 amide bonds. The van der Waals surface area contributed by atoms with E-state index in [4.69, 9.17) is 16.6 Å². The molecule has 6 nitrogen and oxygen atoms in total. The van der Waals surface area contributed by atoms with Crippen molar-refractivity contribution in [1.82, 2.24) is 9.47 Å². The molecule has 2 fully saturated rings. The lowest BCUT2D eigenvalue weighted by molar-refractivity contribution is -0.122. The third-order valence-electron chi connectivity index (χ3n) is 5.96. The topological polar surface area (TPSA) is 58.7 Å². The van der Waals surface area contributed by atoms with Crippen LogP contribution < -0.4 is 10.5 Å². The number of carbonyl (C=O) groups excluding carboxylic acids is 1. The van der Waals surface area contributed by atoms with Crippen LogP contribution in [-0.2, 0) is 17.9 Å². The molecule has 32 heavy (non-hydrogen) atoms. The molecule has 164 valence electrons. The standard InChI is InChI=1S/C24H23N3O3S2/c1-2-26-19-10-4-3-9-17(19)21(25-11-5-6-12-25)18(22(26)28)14-20-23(29)27(24(31)32-20)15-16-8-7-13-30-16/h3-4,7-10,13-14H,2,5-6,11-12,15H2,1H3. The Bertz CT molecular complexity index is 1290. The van der Waals surface area contributed by atoms with Crippen LogP contribution in [0.2, 0.25) is 0 Å². The van der Waals surface area contributed by atoms with Gasteiger partial charge in [-0.3, -0.25) is 14.5 Å². The summed E-state index contributed by atoms with van der Waals surface area (Å²) in [6.07, 6.45) is 5.51. The minimum atomic E-state index is -0.195. The fraction of sp³-hybridized carbons (Fsp3) is 0.292. The number of hydrogen-bond donors (Lipinski definition) is 0. The molecule has 1 aromatic carbocycles. The van der Waals surface area contributed by atoms with E-state index in [1.54, 1.807) is 23.0 Å². The second-order valence-corrected chi connectivity index (χ2v) is 9.55. The van der Waals surface area contributed by atoms with E-state index >= 15 is 0 Å². The number of carbonyl (C=O) groups is 1. The lowest BCUT2D eigenvalue weighted by Gasteiger charge is -2.24. The molecule has 2 aromatic heterocycles. The molecule has 2 saturated heterocycles. The summed E-state index contributed by atoms with van der Waals surface area (Å²) in [6, 6.07) is 11.6. The molecule has 8 heteroatoms. The minimum Gasteiger partial charge on any atom is -0.467 e. The van der Waals surface area contributed by atoms with Crippen molar-refractivity contribution in [3.63, 3.8) is 0 Å². The van der Waals surface area contributed by atoms with E-state index in [9.17, 15) is 9.59 Å². The van der Waals surface area contributed by atoms with Gasteiger partial charge in [-0.2, -0.15) is 0 Å². The number of fused-ring (bicyclic) bond motifs is 1. The number of rotatable bonds is 5. The van der Waals surface area contributed by atoms with Gasteiger partial charge in [0.05, 0.1) is 34.5 Å². The van der Waals surface area contributed by atoms with Crippen molar-refractivity contribution in [2.45, 2.75) is 32.9 Å². The maximum absolute atomic E-state index is 13.6. The van der Waals surface area contributed by atoms with Gasteiger partial charge in [0, 0.05) is 25.0 Å². The summed E-state index contributed by atoms with van der Waals surface area (Å²) in [5.41, 5.74) is 2.32. The molecule has 0 saturated carbocycles. The van der Waals surface area contributed by atoms with Gasteiger partial charge in [0.25, 0.3) is 11.5 Å². The quantitative estimate of drug-likeness (QED) is 0.405. The van der Waals surface area contributed by atoms with E-state index in [2.05, 4.69) is 11.0 Å². The Hall–Kier alpha value is -2.84. The molecule has 2 aliphatic heterocycles. The van der Waals surface area contributed by atoms with Gasteiger partial charge in [-0.25, -0.2) is 0 Å². The molecule has 5 rings (SSSR count). The number of aromatic nitrogens is 1. The summed E-state index contributed by atoms with van der Waals surface area (Å²) in [4.78, 5) is 31.1. The van der Waals surface area contributed by atoms with Crippen LogP contribution in [0.25, 0.3) is 17.0 Å². The predicted molar refractivity (Wildman–Crippen MR) is 133 cm³/mol. The number of nitrogens with zero attached hydrogens (tertiary/aromatic N) is 3. The van der Waals surface area contributed by atoms with Crippen LogP contribution in [0.1, 0.15) is 31.1 Å². The first-order valence-corrected chi connectivity index (χ1v) is 12.0. The normalized spacial score (nSPS) is 18.0. The Morgan fingerprint density at radius 1 is 1.12 bits per heavy atom. The SMILES string of the molecule is CCn1c(=O)c(C=C2SC(=S)N(Cc3ccco3)C2=O)c(N2CCCC2)c2ccccc21. The molecule has 3 aromatic rings. The van der Waals surface area contributed by atoms with Crippen LogP contribution >= 0.6 is 24.0 Å². The van der Waals surface area contributed by atoms with E-state index in [1.165, 1.54) is 16.7 Å². The smallest absolute Gasteiger partial charge is 0.266 e. The van der Waals surface area contributed by atoms with Gasteiger partial charge in [-0.05, 0) is 44.0 Å². The number of hydrogen-bond acceptors (Lipinski definition) is 6. The second-order valence-electron chi connectivity index (χ2n) is 7.87. The minimum absolute atomic E-state index is 0.0793. The highest BCUT2D eigenvalue weighted by Gasteiger charge is 2.33. The van der Waals surface area contributed by atoms with Gasteiger partial charge in [-0.15, -0.1) is 0 Å². The van der Waals surface area contributed by atoms with Crippen molar-refractivity contribution in [3.8, 4) is 0 Å². The van der Waals surface area contributed by atoms with Crippen molar-refractivity contribution in [2.75, 3.05) is 18.0 Å². The van der Waals surface area contributed by atoms with Gasteiger partial charge >= 0.3 is 0 Å². The molecular weight excluding hydrogens is 442 g/mol. The van der Waals surface area contributed by atoms with Crippen LogP contribution in [0.3, 0.4) is 0 Å². The van der Waals surface area contributed by atoms with Gasteiger partial charge in [0.1, 0.15) is 10.1 Å². The van der Waals surface area contributed by atoms with E-state index in [0.717, 1.165) is 42.5 Å². The van der Waals surface area contributed by atoms with Crippen molar-refractivity contribution in [2.24, 2.45) is 0 Å². The number of benzene rings is 1. The third kappa shape index (κ3) is 3.57. The highest BCUT2D eigenvalue weighted by atomic mass is 32.2. The van der Waals surface area contributed by atoms with Crippen molar-refractivity contribution in [1.29, 1.82) is 0 Å². The average Bonchev–Trinajstić information content (AvgIpc) is 3.55. The van der Waals surface area contributed by atoms with Crippen LogP contribution in [0.5, 0.6) is 0 Å². The van der Waals surface area contributed by atoms with E-state index in [0.29, 0.717) is 27.1 Å². The molecule has 0 aliphatic carbocycles. The van der Waals surface area contributed by atoms with Crippen LogP contribution in [0.4, 0.5) is 5.69 Å². The van der Waals surface area contributed by atoms with Gasteiger partial charge in [0.2, 0.25) is 0 Å². The maximum Gasteiger partial charge on any atom is 0.266 e. The fourth-order valence-electron chi connectivity index (χ4n) is 4.46. The summed E-state index contributed by atoms with van der Waals surface area (Å²) in [5, 5.41) is 1.04. The van der Waals surface area contributed by atoms with E-state index in [-0.39, 0.29) is 18.0 Å². The fourth-order valence-corrected chi connectivity index (χ4v) is 5.70. The van der Waals surface area contributed by atoms with Gasteiger partial charge < -0.3 is 13.9 Å². The Labute approximate surface area is 195 Å². The number of aryl methyl sites for hydroxylation is 1. The van der Waals surface area contributed by atoms with Crippen LogP contribution in [-0.4, -0.2) is 32.8 Å². The summed E-state index contributed by atoms with van der Waals surface area (Å²) < 4.78 is 7.64. The third-order valence-corrected chi connectivity index (χ3v) is 7.34. The molecule has 2 aliphatic rings. The first-order chi connectivity index (χ1) is 15.6. The molecule has 4 heterocycles. The number of para-hydroxylation sites is 1. The largest absolute Gasteiger partial charge is 0.467 e. The zero-order chi connectivity index (χ0) is 22.2. The zero-order valence-corrected chi connectivity index (χ0v) is 19.4. The number of amides is 1. The maximum atomic E-state index is 13.6. The van der Waals surface area contributed by atoms with Gasteiger partial charge in [0.15, 0.2) is 0 Å². The average molecular weight is 466 g/mol. The Kier molecular flexibility index (Phi) is 5.65. The summed E-state index contributed by atoms with van der Waals surface area (Å²) in [7, 11) is 0. The molecule has 0 bridgehead atoms. The van der Waals surface area contributed by atoms with E-state index in [1.807, 2.05) is 31.2 Å². The second kappa shape index (κ2) is 8.60. The predicted octanol–water partition coefficient (Wildman–Crippen LogP) is 4.62. The number of furan rings is 1. The van der Waals surface area contributed by atoms with Crippen LogP contribution in [0.15, 0.2) is 56.8 Å². The van der Waals surface area contributed by atoms with E-state index < -0.39 is 0 Å². The first kappa shape index (κ1) is 21.0. The summed E-state index contributed by atoms with van der Waals surface area (Å²) >= 11 is 6.71. The molecule has 0 spiro atoms. The Morgan fingerprint density at radius 3 is 2.62 bits per heavy atom. The molecule has 0 radical (unpaired) electrons. The van der Waals surface area contributed by atoms with Crippen molar-refractivity contribution < 1.29 is 9.21 Å². The first-order valence-electron chi connectivity index (χ1n) is 10.8. The molecule has 0 atom stereocenters. The summed E-state index contributed by atoms with van der Waals surface area (Å²) in [6.45, 7) is 4.61. The van der Waals surface area contributed by atoms with Gasteiger partial charge in [-0.1, -0.05) is 42.2 Å². The number of thiocarbonyl (C=S) groups is 1. The number of anilines is 1. The van der Waals surface area contributed by atoms with Crippen molar-refractivity contribution >= 4 is 56.9 Å². The van der Waals surface area contributed by atoms with Crippen LogP contribution in [0, 0.1) is 0 Å². The molecular formula is C24H23N3O3S2. The molecule has 0 unspecified atom stereocenters. The zero-order valence-electron chi connectivity index (χ0n) is 17.7. The monoisotopic (exact) mass is 465 g/mol. The highest BCUT2D eigenvalue weighted by Crippen LogP contribution is 2.37. The Balaban J connectivity index is 1.65. The lowest BCUT2D eigenvalue weighted by Crippen LogP contribution is -2.29.